The van der Waals surface area contributed by atoms with E-state index in [0.29, 0.717) is 0 Å². The molecule has 0 bridgehead atoms. The third kappa shape index (κ3) is 9.64. The number of benzene rings is 2. The molecule has 41 heavy (non-hydrogen) atoms. The number of hydrogen-bond donors (Lipinski definition) is 0. The molecule has 0 spiro atoms. The van der Waals surface area contributed by atoms with E-state index in [1.807, 2.05) is 0 Å². The summed E-state index contributed by atoms with van der Waals surface area (Å²) in [5, 5.41) is 11.9. The van der Waals surface area contributed by atoms with Crippen LogP contribution in [0.25, 0.3) is 0 Å². The van der Waals surface area contributed by atoms with Crippen LogP contribution in [0.2, 0.25) is 10.0 Å². The first kappa shape index (κ1) is 38.3. The number of methoxy groups -OCH3 is 1. The number of carbonyl (C=O) groups excluding carboxylic acids is 1. The van der Waals surface area contributed by atoms with E-state index in [1.165, 1.54) is 20.1 Å². The standard InChI is InChI=1S/C19H18Cl2N4O11S3.2Na/c1-10-18(19(26)25(24-10)15-8-13(21)17(9-12(15)20)38(29,30)31)23-22-14-7-11(3-4-16(14)35-2)37(27,28)6-5-36-39(32,33)34;;/h3-4,7-9,18H,5-6H2,1-2H3,(H,29,30,31)(H,32,33,34);;/q;2*+1/p-2. The summed E-state index contributed by atoms with van der Waals surface area (Å²) in [6.45, 7) is 0.517. The van der Waals surface area contributed by atoms with Crippen molar-refractivity contribution in [3.63, 3.8) is 0 Å². The van der Waals surface area contributed by atoms with Gasteiger partial charge in [0.25, 0.3) is 5.91 Å². The maximum absolute atomic E-state index is 13.0. The summed E-state index contributed by atoms with van der Waals surface area (Å²) >= 11 is 12.0. The third-order valence-corrected chi connectivity index (χ3v) is 8.70. The molecule has 0 radical (unpaired) electrons. The number of nitrogens with zero attached hydrogens (tertiary/aromatic N) is 4. The van der Waals surface area contributed by atoms with Gasteiger partial charge in [0.1, 0.15) is 21.6 Å². The zero-order valence-electron chi connectivity index (χ0n) is 21.6. The van der Waals surface area contributed by atoms with Crippen LogP contribution in [-0.2, 0) is 39.3 Å². The summed E-state index contributed by atoms with van der Waals surface area (Å²) in [5.41, 5.74) is -0.139. The normalized spacial score (nSPS) is 15.9. The van der Waals surface area contributed by atoms with E-state index in [9.17, 15) is 39.2 Å². The first-order valence-electron chi connectivity index (χ1n) is 10.2. The Morgan fingerprint density at radius 3 is 2.22 bits per heavy atom. The molecule has 1 aliphatic heterocycles. The van der Waals surface area contributed by atoms with Crippen molar-refractivity contribution in [2.75, 3.05) is 24.5 Å². The van der Waals surface area contributed by atoms with E-state index in [0.717, 1.165) is 29.3 Å². The maximum Gasteiger partial charge on any atom is 1.00 e. The summed E-state index contributed by atoms with van der Waals surface area (Å²) in [5.74, 6) is -1.56. The minimum atomic E-state index is -5.09. The molecular formula is C19H16Cl2N4Na2O11S3. The number of rotatable bonds is 10. The topological polar surface area (TPSA) is 224 Å². The van der Waals surface area contributed by atoms with Gasteiger partial charge in [-0.05, 0) is 37.3 Å². The van der Waals surface area contributed by atoms with Crippen LogP contribution in [0, 0.1) is 0 Å². The number of hydrazone groups is 1. The molecule has 1 unspecified atom stereocenters. The fourth-order valence-corrected chi connectivity index (χ4v) is 5.97. The predicted octanol–water partition coefficient (Wildman–Crippen LogP) is -3.96. The molecule has 0 saturated heterocycles. The van der Waals surface area contributed by atoms with Gasteiger partial charge in [0.15, 0.2) is 15.9 Å². The van der Waals surface area contributed by atoms with E-state index in [1.54, 1.807) is 0 Å². The van der Waals surface area contributed by atoms with Gasteiger partial charge < -0.3 is 13.8 Å². The molecule has 0 saturated carbocycles. The van der Waals surface area contributed by atoms with Gasteiger partial charge in [-0.25, -0.2) is 25.3 Å². The molecule has 3 rings (SSSR count). The Morgan fingerprint density at radius 2 is 1.66 bits per heavy atom. The molecule has 2 aromatic carbocycles. The van der Waals surface area contributed by atoms with E-state index < -0.39 is 64.6 Å². The number of carbonyl (C=O) groups is 1. The van der Waals surface area contributed by atoms with Crippen molar-refractivity contribution in [1.29, 1.82) is 0 Å². The Hall–Kier alpha value is -0.710. The Morgan fingerprint density at radius 1 is 1.02 bits per heavy atom. The van der Waals surface area contributed by atoms with Crippen LogP contribution in [-0.4, -0.2) is 71.5 Å². The van der Waals surface area contributed by atoms with Gasteiger partial charge in [-0.15, -0.1) is 0 Å². The Kier molecular flexibility index (Phi) is 13.9. The Labute approximate surface area is 289 Å². The zero-order chi connectivity index (χ0) is 29.3. The van der Waals surface area contributed by atoms with Gasteiger partial charge in [0.2, 0.25) is 10.4 Å². The van der Waals surface area contributed by atoms with Crippen molar-refractivity contribution in [1.82, 2.24) is 0 Å². The number of hydrogen-bond acceptors (Lipinski definition) is 14. The van der Waals surface area contributed by atoms with Crippen molar-refractivity contribution in [3.05, 3.63) is 40.4 Å². The number of sulfone groups is 1. The SMILES string of the molecule is COc1ccc(S(=O)(=O)CCOS(=O)(=O)[O-])cc1N=NC1C(=O)N(c2cc(Cl)c(S(=O)(=O)[O-])cc2Cl)N=C1C.[Na+].[Na+]. The largest absolute Gasteiger partial charge is 1.00 e. The molecule has 0 fully saturated rings. The third-order valence-electron chi connectivity index (χ3n) is 4.97. The van der Waals surface area contributed by atoms with Crippen LogP contribution in [0.5, 0.6) is 5.75 Å². The predicted molar refractivity (Wildman–Crippen MR) is 134 cm³/mol. The summed E-state index contributed by atoms with van der Waals surface area (Å²) in [6.07, 6.45) is 0. The summed E-state index contributed by atoms with van der Waals surface area (Å²) in [4.78, 5) is 11.9. The van der Waals surface area contributed by atoms with Crippen molar-refractivity contribution >= 4 is 76.5 Å². The smallest absolute Gasteiger partial charge is 0.744 e. The van der Waals surface area contributed by atoms with Gasteiger partial charge in [-0.1, -0.05) is 23.2 Å². The van der Waals surface area contributed by atoms with E-state index >= 15 is 0 Å². The van der Waals surface area contributed by atoms with Crippen LogP contribution >= 0.6 is 23.2 Å². The fourth-order valence-electron chi connectivity index (χ4n) is 3.16. The number of amides is 1. The molecule has 212 valence electrons. The van der Waals surface area contributed by atoms with Crippen molar-refractivity contribution in [2.24, 2.45) is 15.3 Å². The first-order chi connectivity index (χ1) is 17.9. The molecule has 2 aromatic rings. The van der Waals surface area contributed by atoms with Crippen LogP contribution < -0.4 is 68.9 Å². The number of ether oxygens (including phenoxy) is 1. The molecule has 0 aliphatic carbocycles. The van der Waals surface area contributed by atoms with Gasteiger partial charge in [-0.3, -0.25) is 8.98 Å². The molecule has 1 heterocycles. The monoisotopic (exact) mass is 688 g/mol. The Bertz CT molecular complexity index is 1720. The number of azo groups is 1. The second-order valence-corrected chi connectivity index (χ2v) is 12.9. The van der Waals surface area contributed by atoms with Crippen molar-refractivity contribution in [3.8, 4) is 5.75 Å². The van der Waals surface area contributed by atoms with Crippen LogP contribution in [0.15, 0.2) is 55.5 Å². The second kappa shape index (κ2) is 14.8. The number of halogens is 2. The van der Waals surface area contributed by atoms with Crippen molar-refractivity contribution < 1.29 is 107 Å². The van der Waals surface area contributed by atoms with Gasteiger partial charge in [0, 0.05) is 0 Å². The van der Waals surface area contributed by atoms with Crippen LogP contribution in [0.4, 0.5) is 11.4 Å². The minimum Gasteiger partial charge on any atom is -0.744 e. The van der Waals surface area contributed by atoms with Crippen molar-refractivity contribution in [2.45, 2.75) is 22.8 Å². The molecule has 22 heteroatoms. The molecule has 1 atom stereocenters. The Balaban J connectivity index is 0.00000420. The van der Waals surface area contributed by atoms with E-state index in [2.05, 4.69) is 19.5 Å². The van der Waals surface area contributed by atoms with Crippen LogP contribution in [0.1, 0.15) is 6.92 Å². The quantitative estimate of drug-likeness (QED) is 0.101. The summed E-state index contributed by atoms with van der Waals surface area (Å²) in [7, 11) is -12.9. The molecule has 0 N–H and O–H groups in total. The average Bonchev–Trinajstić information content (AvgIpc) is 3.09. The molecule has 0 aromatic heterocycles. The van der Waals surface area contributed by atoms with E-state index in [-0.39, 0.29) is 91.9 Å². The van der Waals surface area contributed by atoms with Crippen LogP contribution in [0.3, 0.4) is 0 Å². The summed E-state index contributed by atoms with van der Waals surface area (Å²) < 4.78 is 99.8. The van der Waals surface area contributed by atoms with Gasteiger partial charge in [-0.2, -0.15) is 20.3 Å². The molecular weight excluding hydrogens is 673 g/mol. The second-order valence-electron chi connectivity index (χ2n) is 7.58. The minimum absolute atomic E-state index is 0. The maximum atomic E-state index is 13.0. The zero-order valence-corrected chi connectivity index (χ0v) is 29.6. The molecule has 1 amide bonds. The van der Waals surface area contributed by atoms with Gasteiger partial charge in [0.05, 0.1) is 50.7 Å². The molecule has 15 nitrogen and oxygen atoms in total. The summed E-state index contributed by atoms with van der Waals surface area (Å²) in [6, 6.07) is 3.87. The van der Waals surface area contributed by atoms with Gasteiger partial charge >= 0.3 is 59.1 Å². The average molecular weight is 689 g/mol. The fraction of sp³-hybridized carbons (Fsp3) is 0.263. The number of anilines is 1. The molecule has 1 aliphatic rings. The van der Waals surface area contributed by atoms with E-state index in [4.69, 9.17) is 27.9 Å². The first-order valence-corrected chi connectivity index (χ1v) is 15.4.